The summed E-state index contributed by atoms with van der Waals surface area (Å²) in [6.07, 6.45) is 3.76. The third kappa shape index (κ3) is 3.63. The second-order valence-corrected chi connectivity index (χ2v) is 5.41. The second-order valence-electron chi connectivity index (χ2n) is 5.41. The molecule has 0 spiro atoms. The highest BCUT2D eigenvalue weighted by molar-refractivity contribution is 5.20. The SMILES string of the molecule is O=[N+]([O-])C(Cc1cncn1Cc1ccccc1)c1ccccc1. The van der Waals surface area contributed by atoms with Gasteiger partial charge in [0.1, 0.15) is 0 Å². The van der Waals surface area contributed by atoms with Gasteiger partial charge in [-0.2, -0.15) is 0 Å². The largest absolute Gasteiger partial charge is 0.330 e. The molecule has 1 heterocycles. The Hall–Kier alpha value is -2.95. The van der Waals surface area contributed by atoms with Crippen molar-refractivity contribution < 1.29 is 4.92 Å². The quantitative estimate of drug-likeness (QED) is 0.517. The molecule has 116 valence electrons. The van der Waals surface area contributed by atoms with Crippen molar-refractivity contribution in [2.24, 2.45) is 0 Å². The number of benzene rings is 2. The highest BCUT2D eigenvalue weighted by Crippen LogP contribution is 2.21. The minimum absolute atomic E-state index is 0.227. The Labute approximate surface area is 134 Å². The van der Waals surface area contributed by atoms with Crippen LogP contribution in [0, 0.1) is 10.1 Å². The van der Waals surface area contributed by atoms with Gasteiger partial charge >= 0.3 is 0 Å². The number of rotatable bonds is 6. The first-order valence-electron chi connectivity index (χ1n) is 7.45. The van der Waals surface area contributed by atoms with Gasteiger partial charge in [-0.05, 0) is 5.56 Å². The van der Waals surface area contributed by atoms with Crippen LogP contribution in [0.1, 0.15) is 22.9 Å². The van der Waals surface area contributed by atoms with E-state index in [2.05, 4.69) is 4.98 Å². The highest BCUT2D eigenvalue weighted by Gasteiger charge is 2.24. The van der Waals surface area contributed by atoms with Crippen LogP contribution in [0.5, 0.6) is 0 Å². The van der Waals surface area contributed by atoms with Crippen molar-refractivity contribution in [3.05, 3.63) is 100 Å². The molecule has 1 aromatic heterocycles. The molecule has 0 bridgehead atoms. The fourth-order valence-corrected chi connectivity index (χ4v) is 2.63. The summed E-state index contributed by atoms with van der Waals surface area (Å²) < 4.78 is 1.97. The van der Waals surface area contributed by atoms with Crippen LogP contribution in [0.2, 0.25) is 0 Å². The van der Waals surface area contributed by atoms with Gasteiger partial charge in [-0.15, -0.1) is 0 Å². The third-order valence-corrected chi connectivity index (χ3v) is 3.84. The molecule has 1 unspecified atom stereocenters. The molecule has 1 atom stereocenters. The van der Waals surface area contributed by atoms with Crippen LogP contribution >= 0.6 is 0 Å². The van der Waals surface area contributed by atoms with E-state index in [4.69, 9.17) is 0 Å². The molecule has 0 fully saturated rings. The number of hydrogen-bond donors (Lipinski definition) is 0. The Kier molecular flexibility index (Phi) is 4.47. The van der Waals surface area contributed by atoms with Crippen LogP contribution in [-0.4, -0.2) is 14.5 Å². The van der Waals surface area contributed by atoms with E-state index in [9.17, 15) is 10.1 Å². The summed E-state index contributed by atoms with van der Waals surface area (Å²) in [6.45, 7) is 0.662. The lowest BCUT2D eigenvalue weighted by molar-refractivity contribution is -0.528. The highest BCUT2D eigenvalue weighted by atomic mass is 16.6. The summed E-state index contributed by atoms with van der Waals surface area (Å²) in [5.74, 6) is 0. The summed E-state index contributed by atoms with van der Waals surface area (Å²) in [5, 5.41) is 11.5. The molecule has 5 nitrogen and oxygen atoms in total. The molecule has 2 aromatic carbocycles. The van der Waals surface area contributed by atoms with Gasteiger partial charge in [0.15, 0.2) is 0 Å². The average Bonchev–Trinajstić information content (AvgIpc) is 3.01. The maximum absolute atomic E-state index is 11.5. The van der Waals surface area contributed by atoms with E-state index in [-0.39, 0.29) is 4.92 Å². The molecule has 0 saturated carbocycles. The third-order valence-electron chi connectivity index (χ3n) is 3.84. The Balaban J connectivity index is 1.82. The van der Waals surface area contributed by atoms with E-state index in [0.717, 1.165) is 11.3 Å². The van der Waals surface area contributed by atoms with Crippen LogP contribution in [0.25, 0.3) is 0 Å². The molecule has 0 saturated heterocycles. The summed E-state index contributed by atoms with van der Waals surface area (Å²) in [5.41, 5.74) is 2.72. The van der Waals surface area contributed by atoms with Gasteiger partial charge in [0.2, 0.25) is 6.04 Å². The van der Waals surface area contributed by atoms with Crippen LogP contribution < -0.4 is 0 Å². The fourth-order valence-electron chi connectivity index (χ4n) is 2.63. The Morgan fingerprint density at radius 2 is 1.70 bits per heavy atom. The lowest BCUT2D eigenvalue weighted by Crippen LogP contribution is -2.16. The van der Waals surface area contributed by atoms with Crippen LogP contribution in [0.3, 0.4) is 0 Å². The molecule has 0 amide bonds. The molecule has 0 aliphatic rings. The number of nitrogens with zero attached hydrogens (tertiary/aromatic N) is 3. The van der Waals surface area contributed by atoms with Crippen LogP contribution in [0.4, 0.5) is 0 Å². The summed E-state index contributed by atoms with van der Waals surface area (Å²) >= 11 is 0. The number of hydrogen-bond acceptors (Lipinski definition) is 3. The number of aromatic nitrogens is 2. The molecule has 0 aliphatic carbocycles. The summed E-state index contributed by atoms with van der Waals surface area (Å²) in [4.78, 5) is 15.4. The van der Waals surface area contributed by atoms with Gasteiger partial charge in [0, 0.05) is 28.9 Å². The second kappa shape index (κ2) is 6.87. The van der Waals surface area contributed by atoms with E-state index in [0.29, 0.717) is 18.5 Å². The van der Waals surface area contributed by atoms with Gasteiger partial charge in [-0.1, -0.05) is 60.7 Å². The van der Waals surface area contributed by atoms with Crippen LogP contribution in [-0.2, 0) is 13.0 Å². The van der Waals surface area contributed by atoms with Crippen molar-refractivity contribution in [2.75, 3.05) is 0 Å². The van der Waals surface area contributed by atoms with Crippen molar-refractivity contribution in [3.63, 3.8) is 0 Å². The van der Waals surface area contributed by atoms with Crippen LogP contribution in [0.15, 0.2) is 73.2 Å². The van der Waals surface area contributed by atoms with E-state index in [1.54, 1.807) is 24.7 Å². The maximum Gasteiger partial charge on any atom is 0.243 e. The minimum Gasteiger partial charge on any atom is -0.330 e. The first-order chi connectivity index (χ1) is 11.2. The van der Waals surface area contributed by atoms with Crippen molar-refractivity contribution in [3.8, 4) is 0 Å². The standard InChI is InChI=1S/C18H17N3O2/c22-21(23)18(16-9-5-2-6-10-16)11-17-12-19-14-20(17)13-15-7-3-1-4-8-15/h1-10,12,14,18H,11,13H2. The first kappa shape index (κ1) is 15.0. The zero-order chi connectivity index (χ0) is 16.1. The van der Waals surface area contributed by atoms with Gasteiger partial charge in [-0.3, -0.25) is 10.1 Å². The van der Waals surface area contributed by atoms with Crippen molar-refractivity contribution >= 4 is 0 Å². The number of nitro groups is 1. The van der Waals surface area contributed by atoms with Gasteiger partial charge in [0.05, 0.1) is 12.7 Å². The molecule has 0 N–H and O–H groups in total. The van der Waals surface area contributed by atoms with Crippen molar-refractivity contribution in [2.45, 2.75) is 19.0 Å². The smallest absolute Gasteiger partial charge is 0.243 e. The normalized spacial score (nSPS) is 12.0. The zero-order valence-electron chi connectivity index (χ0n) is 12.6. The van der Waals surface area contributed by atoms with E-state index >= 15 is 0 Å². The topological polar surface area (TPSA) is 61.0 Å². The molecule has 3 rings (SSSR count). The first-order valence-corrected chi connectivity index (χ1v) is 7.45. The predicted molar refractivity (Wildman–Crippen MR) is 87.7 cm³/mol. The zero-order valence-corrected chi connectivity index (χ0v) is 12.6. The molecule has 3 aromatic rings. The monoisotopic (exact) mass is 307 g/mol. The van der Waals surface area contributed by atoms with Gasteiger partial charge < -0.3 is 4.57 Å². The summed E-state index contributed by atoms with van der Waals surface area (Å²) in [6, 6.07) is 18.3. The lowest BCUT2D eigenvalue weighted by Gasteiger charge is -2.12. The Morgan fingerprint density at radius 3 is 2.35 bits per heavy atom. The fraction of sp³-hybridized carbons (Fsp3) is 0.167. The van der Waals surface area contributed by atoms with E-state index in [1.165, 1.54) is 0 Å². The Bertz CT molecular complexity index is 769. The maximum atomic E-state index is 11.5. The minimum atomic E-state index is -0.762. The van der Waals surface area contributed by atoms with Crippen molar-refractivity contribution in [1.29, 1.82) is 0 Å². The average molecular weight is 307 g/mol. The van der Waals surface area contributed by atoms with Gasteiger partial charge in [-0.25, -0.2) is 4.98 Å². The molecular formula is C18H17N3O2. The summed E-state index contributed by atoms with van der Waals surface area (Å²) in [7, 11) is 0. The van der Waals surface area contributed by atoms with Crippen molar-refractivity contribution in [1.82, 2.24) is 9.55 Å². The molecule has 23 heavy (non-hydrogen) atoms. The molecular weight excluding hydrogens is 290 g/mol. The van der Waals surface area contributed by atoms with E-state index < -0.39 is 6.04 Å². The van der Waals surface area contributed by atoms with E-state index in [1.807, 2.05) is 53.1 Å². The Morgan fingerprint density at radius 1 is 1.04 bits per heavy atom. The predicted octanol–water partition coefficient (Wildman–Crippen LogP) is 3.49. The molecule has 0 radical (unpaired) electrons. The molecule has 5 heteroatoms. The number of imidazole rings is 1. The lowest BCUT2D eigenvalue weighted by atomic mass is 10.0. The molecule has 0 aliphatic heterocycles. The van der Waals surface area contributed by atoms with Gasteiger partial charge in [0.25, 0.3) is 0 Å².